The van der Waals surface area contributed by atoms with Crippen LogP contribution in [0.25, 0.3) is 34.4 Å². The molecule has 0 aliphatic carbocycles. The number of aromatic hydroxyl groups is 4. The largest absolute Gasteiger partial charge is 0.507 e. The number of aliphatic hydroxyl groups is 11. The number of methoxy groups -OCH3 is 2. The van der Waals surface area contributed by atoms with E-state index in [1.54, 1.807) is 0 Å². The summed E-state index contributed by atoms with van der Waals surface area (Å²) in [5.74, 6) is -8.68. The van der Waals surface area contributed by atoms with Crippen LogP contribution in [0.2, 0.25) is 0 Å². The summed E-state index contributed by atoms with van der Waals surface area (Å²) in [6, 6.07) is 14.8. The molecule has 4 aliphatic rings. The number of carboxylic acids is 1. The standard InChI is InChI=1S/C61H66O34/c1-82-35-13-25(14-36(83-2)46(35)73)6-12-43(70)94-56-45(72)32(66)21-86-60(56)95-57-52(79)49(76)40(22-84-42(69)11-5-24-3-8-28(9-4-24)87-58-53(80)50(77)47(74)38(20-62)91-58)93-61(57)90-37-18-29-33(88-55(37)26-7-10-30(64)31(65)15-26)16-27(63)17-34(29)89-59-54(81)51(78)48(75)39(92-59)23-85-44(71)19-41(67)68/h3-18,32,38-40,45,47-54,56-62,66,72,74-81H,19-23H2,1-2H3,(H4-,63,64,65,67,68,70,73)/p+1/b11-5+/t32-,38+,39+,40+,45-,47-,48-,49+,50+,51+,52+,53+,54-,56+,57+,58-,59+,60-,61+/m1/s1. The number of phenols is 4. The van der Waals surface area contributed by atoms with Crippen molar-refractivity contribution in [2.75, 3.05) is 40.6 Å². The van der Waals surface area contributed by atoms with Crippen LogP contribution in [0.4, 0.5) is 0 Å². The molecular weight excluding hydrogens is 1280 g/mol. The third-order valence-electron chi connectivity index (χ3n) is 15.2. The SMILES string of the molecule is COc1cc(C=CC(=O)O[C@@H]2[C@@H](O[C@@H]3[C@@H](Oc4cc5c(O[C@H]6O[C@@H](COC(=O)CC(=O)O)[C@@H](O)[C@H](O)[C@H]6O)cc(O)cc5[o+]c4-c4ccc(O)c(O)c4)O[C@@H](COC(=O)/C=C/c4ccc(O[C@@H]5O[C@@H](CO)[C@@H](O)[C@H](O)[C@@H]5O)cc4)[C@H](O)[C@@H]3O)OC[C@@H](O)[C@H]2O)cc(OC)c1O. The number of carbonyl (C=O) groups excluding carboxylic acids is 3. The lowest BCUT2D eigenvalue weighted by atomic mass is 9.98. The molecule has 34 heteroatoms. The van der Waals surface area contributed by atoms with Gasteiger partial charge in [-0.2, -0.15) is 0 Å². The monoisotopic (exact) mass is 1340 g/mol. The van der Waals surface area contributed by atoms with Crippen molar-refractivity contribution in [3.05, 3.63) is 96.1 Å². The first-order chi connectivity index (χ1) is 45.2. The van der Waals surface area contributed by atoms with Gasteiger partial charge in [0.05, 0.1) is 39.1 Å². The highest BCUT2D eigenvalue weighted by Crippen LogP contribution is 2.44. The second-order valence-electron chi connectivity index (χ2n) is 21.7. The molecule has 34 nitrogen and oxygen atoms in total. The Bertz CT molecular complexity index is 3550. The van der Waals surface area contributed by atoms with Gasteiger partial charge in [-0.3, -0.25) is 9.59 Å². The Morgan fingerprint density at radius 3 is 1.79 bits per heavy atom. The molecule has 4 aromatic carbocycles. The molecule has 0 spiro atoms. The number of esters is 3. The fourth-order valence-electron chi connectivity index (χ4n) is 10.1. The number of carboxylic acid groups (broad SMARTS) is 1. The van der Waals surface area contributed by atoms with Crippen LogP contribution in [0.15, 0.2) is 89.4 Å². The van der Waals surface area contributed by atoms with E-state index in [-0.39, 0.29) is 45.1 Å². The summed E-state index contributed by atoms with van der Waals surface area (Å²) in [6.45, 7) is -3.14. The van der Waals surface area contributed by atoms with Crippen molar-refractivity contribution in [3.8, 4) is 63.1 Å². The predicted molar refractivity (Wildman–Crippen MR) is 310 cm³/mol. The minimum Gasteiger partial charge on any atom is -0.507 e. The maximum Gasteiger partial charge on any atom is 0.402 e. The summed E-state index contributed by atoms with van der Waals surface area (Å²) in [6.07, 6.45) is -32.3. The number of rotatable bonds is 23. The summed E-state index contributed by atoms with van der Waals surface area (Å²) >= 11 is 0. The molecule has 4 fully saturated rings. The van der Waals surface area contributed by atoms with Gasteiger partial charge in [-0.1, -0.05) is 12.1 Å². The number of phenolic OH excluding ortho intramolecular Hbond substituents is 4. The highest BCUT2D eigenvalue weighted by Gasteiger charge is 2.53. The molecule has 4 aliphatic heterocycles. The van der Waals surface area contributed by atoms with Gasteiger partial charge >= 0.3 is 35.2 Å². The van der Waals surface area contributed by atoms with E-state index in [0.29, 0.717) is 5.56 Å². The molecule has 0 bridgehead atoms. The topological polar surface area (TPSA) is 523 Å². The normalized spacial score (nSPS) is 30.1. The van der Waals surface area contributed by atoms with E-state index >= 15 is 0 Å². The molecule has 514 valence electrons. The zero-order chi connectivity index (χ0) is 68.7. The number of aliphatic hydroxyl groups excluding tert-OH is 11. The molecule has 9 rings (SSSR count). The van der Waals surface area contributed by atoms with Crippen molar-refractivity contribution in [2.45, 2.75) is 123 Å². The maximum atomic E-state index is 13.5. The molecule has 1 aromatic heterocycles. The predicted octanol–water partition coefficient (Wildman–Crippen LogP) is -2.23. The quantitative estimate of drug-likeness (QED) is 0.00822. The Labute approximate surface area is 535 Å². The van der Waals surface area contributed by atoms with Crippen LogP contribution in [-0.2, 0) is 57.1 Å². The van der Waals surface area contributed by atoms with Gasteiger partial charge in [0.2, 0.25) is 30.4 Å². The first kappa shape index (κ1) is 70.5. The average Bonchev–Trinajstić information content (AvgIpc) is 0.766. The van der Waals surface area contributed by atoms with Gasteiger partial charge in [0.25, 0.3) is 0 Å². The van der Waals surface area contributed by atoms with Gasteiger partial charge in [-0.25, -0.2) is 14.0 Å². The number of hydrogen-bond acceptors (Lipinski definition) is 32. The fraction of sp³-hybridized carbons (Fsp3) is 0.426. The Morgan fingerprint density at radius 2 is 1.15 bits per heavy atom. The molecule has 95 heavy (non-hydrogen) atoms. The summed E-state index contributed by atoms with van der Waals surface area (Å²) < 4.78 is 79.8. The number of hydrogen-bond donors (Lipinski definition) is 16. The van der Waals surface area contributed by atoms with Gasteiger partial charge in [-0.15, -0.1) is 0 Å². The third kappa shape index (κ3) is 16.5. The number of benzene rings is 4. The second-order valence-corrected chi connectivity index (χ2v) is 21.7. The van der Waals surface area contributed by atoms with Gasteiger partial charge < -0.3 is 143 Å². The van der Waals surface area contributed by atoms with Crippen molar-refractivity contribution in [1.82, 2.24) is 0 Å². The Morgan fingerprint density at radius 1 is 0.558 bits per heavy atom. The lowest BCUT2D eigenvalue weighted by Gasteiger charge is -2.45. The van der Waals surface area contributed by atoms with Crippen LogP contribution in [0, 0.1) is 0 Å². The van der Waals surface area contributed by atoms with E-state index in [4.69, 9.17) is 71.1 Å². The zero-order valence-corrected chi connectivity index (χ0v) is 49.7. The Kier molecular flexibility index (Phi) is 22.8. The van der Waals surface area contributed by atoms with Crippen molar-refractivity contribution in [1.29, 1.82) is 0 Å². The van der Waals surface area contributed by atoms with E-state index < -0.39 is 208 Å². The molecular formula is C61H67O34+. The Hall–Kier alpha value is -8.79. The number of ether oxygens (including phenoxy) is 13. The fourth-order valence-corrected chi connectivity index (χ4v) is 10.1. The van der Waals surface area contributed by atoms with Crippen LogP contribution in [0.1, 0.15) is 17.5 Å². The van der Waals surface area contributed by atoms with Crippen LogP contribution < -0.4 is 23.7 Å². The van der Waals surface area contributed by atoms with E-state index in [1.807, 2.05) is 0 Å². The molecule has 0 amide bonds. The lowest BCUT2D eigenvalue weighted by molar-refractivity contribution is -0.345. The summed E-state index contributed by atoms with van der Waals surface area (Å²) in [7, 11) is 2.53. The van der Waals surface area contributed by atoms with E-state index in [1.165, 1.54) is 68.8 Å². The Balaban J connectivity index is 1.03. The first-order valence-corrected chi connectivity index (χ1v) is 28.7. The smallest absolute Gasteiger partial charge is 0.402 e. The molecule has 19 atom stereocenters. The van der Waals surface area contributed by atoms with Crippen LogP contribution in [0.3, 0.4) is 0 Å². The minimum atomic E-state index is -2.22. The van der Waals surface area contributed by atoms with Gasteiger partial charge in [0.15, 0.2) is 41.5 Å². The number of fused-ring (bicyclic) bond motifs is 1. The highest BCUT2D eigenvalue weighted by atomic mass is 16.8. The van der Waals surface area contributed by atoms with E-state index in [0.717, 1.165) is 42.5 Å². The van der Waals surface area contributed by atoms with Crippen LogP contribution >= 0.6 is 0 Å². The van der Waals surface area contributed by atoms with Crippen LogP contribution in [-0.4, -0.2) is 263 Å². The maximum absolute atomic E-state index is 13.5. The van der Waals surface area contributed by atoms with E-state index in [2.05, 4.69) is 0 Å². The number of aliphatic carboxylic acids is 1. The third-order valence-corrected chi connectivity index (χ3v) is 15.2. The molecule has 5 heterocycles. The summed E-state index contributed by atoms with van der Waals surface area (Å²) in [5, 5.41) is 170. The van der Waals surface area contributed by atoms with Crippen molar-refractivity contribution in [2.24, 2.45) is 0 Å². The lowest BCUT2D eigenvalue weighted by Crippen LogP contribution is -2.64. The van der Waals surface area contributed by atoms with E-state index in [9.17, 15) is 95.8 Å². The minimum absolute atomic E-state index is 0.0372. The molecule has 16 N–H and O–H groups in total. The first-order valence-electron chi connectivity index (χ1n) is 28.7. The van der Waals surface area contributed by atoms with Crippen molar-refractivity contribution >= 4 is 47.0 Å². The molecule has 5 aromatic rings. The summed E-state index contributed by atoms with van der Waals surface area (Å²) in [4.78, 5) is 50.1. The van der Waals surface area contributed by atoms with Crippen molar-refractivity contribution in [3.63, 3.8) is 0 Å². The molecule has 4 saturated heterocycles. The average molecular weight is 1340 g/mol. The van der Waals surface area contributed by atoms with Gasteiger partial charge in [0.1, 0.15) is 122 Å². The molecule has 0 radical (unpaired) electrons. The highest BCUT2D eigenvalue weighted by molar-refractivity contribution is 5.91. The molecule has 0 unspecified atom stereocenters. The van der Waals surface area contributed by atoms with Gasteiger partial charge in [-0.05, 0) is 59.7 Å². The van der Waals surface area contributed by atoms with Gasteiger partial charge in [0, 0.05) is 30.4 Å². The zero-order valence-electron chi connectivity index (χ0n) is 49.7. The number of carbonyl (C=O) groups is 4. The molecule has 0 saturated carbocycles. The summed E-state index contributed by atoms with van der Waals surface area (Å²) in [5.41, 5.74) is 0.203. The van der Waals surface area contributed by atoms with Crippen LogP contribution in [0.5, 0.6) is 51.7 Å². The van der Waals surface area contributed by atoms with Crippen molar-refractivity contribution < 1.29 is 167 Å². The second kappa shape index (κ2) is 30.7.